The van der Waals surface area contributed by atoms with Crippen molar-refractivity contribution in [2.75, 3.05) is 0 Å². The summed E-state index contributed by atoms with van der Waals surface area (Å²) in [7, 11) is 0. The molecule has 0 spiro atoms. The number of halogens is 5. The first-order valence-electron chi connectivity index (χ1n) is 6.72. The standard InChI is InChI=1S/C14H16F5N/c15-9-8(10(16)12(18)13(19)11(9)17)14(20)7-5-3-1-2-4-6-7/h7,14H,1-6,20H2. The highest BCUT2D eigenvalue weighted by Gasteiger charge is 2.32. The second-order valence-corrected chi connectivity index (χ2v) is 5.26. The Kier molecular flexibility index (Phi) is 4.62. The molecule has 1 aromatic carbocycles. The molecule has 1 saturated carbocycles. The molecule has 2 N–H and O–H groups in total. The van der Waals surface area contributed by atoms with Gasteiger partial charge in [-0.1, -0.05) is 25.7 Å². The fourth-order valence-electron chi connectivity index (χ4n) is 2.82. The first-order chi connectivity index (χ1) is 9.45. The Morgan fingerprint density at radius 1 is 0.700 bits per heavy atom. The minimum atomic E-state index is -2.14. The molecule has 0 aliphatic heterocycles. The summed E-state index contributed by atoms with van der Waals surface area (Å²) in [6, 6.07) is -1.17. The molecule has 0 radical (unpaired) electrons. The zero-order chi connectivity index (χ0) is 14.9. The highest BCUT2D eigenvalue weighted by atomic mass is 19.2. The van der Waals surface area contributed by atoms with Gasteiger partial charge >= 0.3 is 0 Å². The van der Waals surface area contributed by atoms with Gasteiger partial charge in [-0.05, 0) is 18.8 Å². The van der Waals surface area contributed by atoms with Crippen molar-refractivity contribution >= 4 is 0 Å². The topological polar surface area (TPSA) is 26.0 Å². The van der Waals surface area contributed by atoms with Crippen molar-refractivity contribution in [3.05, 3.63) is 34.6 Å². The van der Waals surface area contributed by atoms with Gasteiger partial charge in [-0.25, -0.2) is 22.0 Å². The quantitative estimate of drug-likeness (QED) is 0.373. The van der Waals surface area contributed by atoms with E-state index in [-0.39, 0.29) is 5.92 Å². The Morgan fingerprint density at radius 2 is 1.10 bits per heavy atom. The Morgan fingerprint density at radius 3 is 1.55 bits per heavy atom. The monoisotopic (exact) mass is 293 g/mol. The van der Waals surface area contributed by atoms with Crippen LogP contribution in [0.15, 0.2) is 0 Å². The van der Waals surface area contributed by atoms with E-state index in [0.29, 0.717) is 12.8 Å². The zero-order valence-electron chi connectivity index (χ0n) is 10.9. The first kappa shape index (κ1) is 15.2. The fraction of sp³-hybridized carbons (Fsp3) is 0.571. The van der Waals surface area contributed by atoms with E-state index in [1.165, 1.54) is 0 Å². The molecular formula is C14H16F5N. The van der Waals surface area contributed by atoms with Gasteiger partial charge in [0.25, 0.3) is 0 Å². The van der Waals surface area contributed by atoms with Gasteiger partial charge in [0.15, 0.2) is 23.3 Å². The molecule has 1 aliphatic rings. The maximum absolute atomic E-state index is 13.7. The van der Waals surface area contributed by atoms with Crippen LogP contribution in [0.4, 0.5) is 22.0 Å². The van der Waals surface area contributed by atoms with Crippen LogP contribution >= 0.6 is 0 Å². The molecule has 1 nitrogen and oxygen atoms in total. The second kappa shape index (κ2) is 6.08. The first-order valence-corrected chi connectivity index (χ1v) is 6.72. The van der Waals surface area contributed by atoms with Crippen LogP contribution < -0.4 is 5.73 Å². The van der Waals surface area contributed by atoms with E-state index in [0.717, 1.165) is 25.7 Å². The molecule has 1 fully saturated rings. The van der Waals surface area contributed by atoms with Crippen molar-refractivity contribution < 1.29 is 22.0 Å². The SMILES string of the molecule is NC(c1c(F)c(F)c(F)c(F)c1F)C1CCCCCC1. The van der Waals surface area contributed by atoms with E-state index in [2.05, 4.69) is 0 Å². The van der Waals surface area contributed by atoms with E-state index in [4.69, 9.17) is 5.73 Å². The smallest absolute Gasteiger partial charge is 0.200 e. The third-order valence-corrected chi connectivity index (χ3v) is 3.98. The predicted molar refractivity (Wildman–Crippen MR) is 64.4 cm³/mol. The van der Waals surface area contributed by atoms with E-state index >= 15 is 0 Å². The van der Waals surface area contributed by atoms with Gasteiger partial charge < -0.3 is 5.73 Å². The van der Waals surface area contributed by atoms with Gasteiger partial charge in [-0.3, -0.25) is 0 Å². The van der Waals surface area contributed by atoms with Crippen LogP contribution in [0, 0.1) is 35.0 Å². The lowest BCUT2D eigenvalue weighted by atomic mass is 9.87. The van der Waals surface area contributed by atoms with Gasteiger partial charge in [0.05, 0.1) is 0 Å². The second-order valence-electron chi connectivity index (χ2n) is 5.26. The van der Waals surface area contributed by atoms with Crippen molar-refractivity contribution in [2.45, 2.75) is 44.6 Å². The summed E-state index contributed by atoms with van der Waals surface area (Å²) >= 11 is 0. The Labute approximate surface area is 114 Å². The minimum Gasteiger partial charge on any atom is -0.324 e. The van der Waals surface area contributed by atoms with Gasteiger partial charge in [-0.2, -0.15) is 0 Å². The van der Waals surface area contributed by atoms with Gasteiger partial charge in [0, 0.05) is 11.6 Å². The van der Waals surface area contributed by atoms with Crippen molar-refractivity contribution in [2.24, 2.45) is 11.7 Å². The van der Waals surface area contributed by atoms with E-state index in [1.54, 1.807) is 0 Å². The van der Waals surface area contributed by atoms with E-state index < -0.39 is 40.7 Å². The maximum Gasteiger partial charge on any atom is 0.200 e. The molecule has 20 heavy (non-hydrogen) atoms. The van der Waals surface area contributed by atoms with Crippen molar-refractivity contribution in [1.29, 1.82) is 0 Å². The van der Waals surface area contributed by atoms with Gasteiger partial charge in [0.2, 0.25) is 5.82 Å². The Bertz CT molecular complexity index is 466. The van der Waals surface area contributed by atoms with Crippen molar-refractivity contribution in [3.63, 3.8) is 0 Å². The lowest BCUT2D eigenvalue weighted by molar-refractivity contribution is 0.327. The summed E-state index contributed by atoms with van der Waals surface area (Å²) in [5.41, 5.74) is 4.91. The highest BCUT2D eigenvalue weighted by molar-refractivity contribution is 5.27. The maximum atomic E-state index is 13.7. The average molecular weight is 293 g/mol. The Hall–Kier alpha value is -1.17. The molecule has 1 aliphatic carbocycles. The summed E-state index contributed by atoms with van der Waals surface area (Å²) in [6.45, 7) is 0. The number of hydrogen-bond donors (Lipinski definition) is 1. The number of benzene rings is 1. The summed E-state index contributed by atoms with van der Waals surface area (Å²) < 4.78 is 66.8. The van der Waals surface area contributed by atoms with E-state index in [1.807, 2.05) is 0 Å². The molecule has 0 bridgehead atoms. The number of hydrogen-bond acceptors (Lipinski definition) is 1. The zero-order valence-corrected chi connectivity index (χ0v) is 10.9. The summed E-state index contributed by atoms with van der Waals surface area (Å²) in [4.78, 5) is 0. The molecule has 1 atom stereocenters. The van der Waals surface area contributed by atoms with Gasteiger partial charge in [-0.15, -0.1) is 0 Å². The average Bonchev–Trinajstić information content (AvgIpc) is 2.72. The van der Waals surface area contributed by atoms with Crippen LogP contribution in [-0.4, -0.2) is 0 Å². The molecule has 0 saturated heterocycles. The summed E-state index contributed by atoms with van der Waals surface area (Å²) in [6.07, 6.45) is 4.99. The summed E-state index contributed by atoms with van der Waals surface area (Å²) in [5, 5.41) is 0. The molecule has 0 heterocycles. The number of rotatable bonds is 2. The molecule has 0 aromatic heterocycles. The fourth-order valence-corrected chi connectivity index (χ4v) is 2.82. The molecular weight excluding hydrogens is 277 g/mol. The van der Waals surface area contributed by atoms with Crippen molar-refractivity contribution in [3.8, 4) is 0 Å². The van der Waals surface area contributed by atoms with Crippen LogP contribution in [0.25, 0.3) is 0 Å². The third-order valence-electron chi connectivity index (χ3n) is 3.98. The highest BCUT2D eigenvalue weighted by Crippen LogP contribution is 2.36. The van der Waals surface area contributed by atoms with Crippen LogP contribution in [-0.2, 0) is 0 Å². The molecule has 0 amide bonds. The largest absolute Gasteiger partial charge is 0.324 e. The number of nitrogens with two attached hydrogens (primary N) is 1. The van der Waals surface area contributed by atoms with Crippen LogP contribution in [0.1, 0.15) is 50.1 Å². The third kappa shape index (κ3) is 2.66. The lowest BCUT2D eigenvalue weighted by Gasteiger charge is -2.24. The predicted octanol–water partition coefficient (Wildman–Crippen LogP) is 4.35. The molecule has 1 aromatic rings. The minimum absolute atomic E-state index is 0.259. The van der Waals surface area contributed by atoms with Crippen LogP contribution in [0.3, 0.4) is 0 Å². The van der Waals surface area contributed by atoms with E-state index in [9.17, 15) is 22.0 Å². The van der Waals surface area contributed by atoms with Crippen LogP contribution in [0.5, 0.6) is 0 Å². The van der Waals surface area contributed by atoms with Crippen molar-refractivity contribution in [1.82, 2.24) is 0 Å². The van der Waals surface area contributed by atoms with Crippen LogP contribution in [0.2, 0.25) is 0 Å². The molecule has 2 rings (SSSR count). The molecule has 112 valence electrons. The van der Waals surface area contributed by atoms with Gasteiger partial charge in [0.1, 0.15) is 0 Å². The summed E-state index contributed by atoms with van der Waals surface area (Å²) in [5.74, 6) is -9.87. The Balaban J connectivity index is 2.41. The molecule has 1 unspecified atom stereocenters. The normalized spacial score (nSPS) is 18.9. The lowest BCUT2D eigenvalue weighted by Crippen LogP contribution is -2.25. The molecule has 6 heteroatoms.